The van der Waals surface area contributed by atoms with Crippen LogP contribution in [-0.2, 0) is 19.1 Å². The summed E-state index contributed by atoms with van der Waals surface area (Å²) in [5.74, 6) is 0.801. The Balaban J connectivity index is 1.64. The van der Waals surface area contributed by atoms with Crippen LogP contribution in [0, 0.1) is 11.8 Å². The summed E-state index contributed by atoms with van der Waals surface area (Å²) in [6, 6.07) is 0.0903. The molecular weight excluding hydrogens is 260 g/mol. The van der Waals surface area contributed by atoms with Crippen LogP contribution in [-0.4, -0.2) is 74.2 Å². The van der Waals surface area contributed by atoms with Crippen LogP contribution in [0.5, 0.6) is 0 Å². The fourth-order valence-corrected chi connectivity index (χ4v) is 3.20. The number of carbonyl (C=O) groups excluding carboxylic acids is 2. The molecule has 0 N–H and O–H groups in total. The summed E-state index contributed by atoms with van der Waals surface area (Å²) in [6.45, 7) is 1.97. The Labute approximate surface area is 119 Å². The lowest BCUT2D eigenvalue weighted by Crippen LogP contribution is -2.40. The molecule has 3 aliphatic rings. The molecule has 2 saturated heterocycles. The van der Waals surface area contributed by atoms with Gasteiger partial charge in [0.25, 0.3) is 5.91 Å². The second-order valence-corrected chi connectivity index (χ2v) is 6.11. The first-order chi connectivity index (χ1) is 9.61. The van der Waals surface area contributed by atoms with Crippen molar-refractivity contribution >= 4 is 11.8 Å². The van der Waals surface area contributed by atoms with Crippen LogP contribution in [0.2, 0.25) is 0 Å². The van der Waals surface area contributed by atoms with E-state index in [4.69, 9.17) is 9.47 Å². The average molecular weight is 282 g/mol. The number of methoxy groups -OCH3 is 1. The van der Waals surface area contributed by atoms with Gasteiger partial charge >= 0.3 is 0 Å². The number of likely N-dealkylation sites (tertiary alicyclic amines) is 2. The Morgan fingerprint density at radius 1 is 1.35 bits per heavy atom. The lowest BCUT2D eigenvalue weighted by molar-refractivity contribution is -0.141. The van der Waals surface area contributed by atoms with Crippen molar-refractivity contribution in [3.63, 3.8) is 0 Å². The molecule has 0 aromatic heterocycles. The highest BCUT2D eigenvalue weighted by Gasteiger charge is 2.52. The molecule has 112 valence electrons. The molecule has 6 heteroatoms. The zero-order valence-electron chi connectivity index (χ0n) is 12.1. The minimum absolute atomic E-state index is 0.0105. The normalized spacial score (nSPS) is 32.9. The van der Waals surface area contributed by atoms with E-state index in [9.17, 15) is 9.59 Å². The summed E-state index contributed by atoms with van der Waals surface area (Å²) in [4.78, 5) is 27.7. The summed E-state index contributed by atoms with van der Waals surface area (Å²) in [5.41, 5.74) is 0. The lowest BCUT2D eigenvalue weighted by atomic mass is 10.0. The van der Waals surface area contributed by atoms with Gasteiger partial charge in [-0.1, -0.05) is 0 Å². The van der Waals surface area contributed by atoms with Gasteiger partial charge in [0.2, 0.25) is 5.91 Å². The minimum Gasteiger partial charge on any atom is -0.375 e. The molecule has 3 atom stereocenters. The molecule has 0 aromatic rings. The molecule has 20 heavy (non-hydrogen) atoms. The third-order valence-corrected chi connectivity index (χ3v) is 4.64. The minimum atomic E-state index is -0.369. The highest BCUT2D eigenvalue weighted by atomic mass is 16.5. The van der Waals surface area contributed by atoms with Crippen molar-refractivity contribution in [2.45, 2.75) is 25.0 Å². The molecule has 0 aromatic carbocycles. The first-order valence-electron chi connectivity index (χ1n) is 7.26. The largest absolute Gasteiger partial charge is 0.375 e. The maximum Gasteiger partial charge on any atom is 0.252 e. The predicted molar refractivity (Wildman–Crippen MR) is 71.0 cm³/mol. The molecule has 2 heterocycles. The smallest absolute Gasteiger partial charge is 0.252 e. The third kappa shape index (κ3) is 2.42. The molecule has 3 fully saturated rings. The van der Waals surface area contributed by atoms with E-state index in [0.717, 1.165) is 0 Å². The van der Waals surface area contributed by atoms with Crippen LogP contribution in [0.15, 0.2) is 0 Å². The second-order valence-electron chi connectivity index (χ2n) is 6.11. The summed E-state index contributed by atoms with van der Waals surface area (Å²) in [5, 5.41) is 0. The van der Waals surface area contributed by atoms with Crippen LogP contribution < -0.4 is 0 Å². The van der Waals surface area contributed by atoms with Crippen molar-refractivity contribution in [3.8, 4) is 0 Å². The molecule has 0 radical (unpaired) electrons. The highest BCUT2D eigenvalue weighted by Crippen LogP contribution is 2.36. The number of amides is 2. The number of hydrogen-bond donors (Lipinski definition) is 0. The number of carbonyl (C=O) groups is 2. The zero-order chi connectivity index (χ0) is 14.3. The van der Waals surface area contributed by atoms with Crippen LogP contribution >= 0.6 is 0 Å². The van der Waals surface area contributed by atoms with Crippen LogP contribution in [0.4, 0.5) is 0 Å². The maximum atomic E-state index is 12.2. The van der Waals surface area contributed by atoms with Gasteiger partial charge in [-0.15, -0.1) is 0 Å². The van der Waals surface area contributed by atoms with E-state index in [2.05, 4.69) is 0 Å². The van der Waals surface area contributed by atoms with E-state index in [1.807, 2.05) is 7.05 Å². The van der Waals surface area contributed by atoms with Gasteiger partial charge in [0, 0.05) is 33.2 Å². The Morgan fingerprint density at radius 3 is 2.75 bits per heavy atom. The maximum absolute atomic E-state index is 12.2. The van der Waals surface area contributed by atoms with Crippen LogP contribution in [0.1, 0.15) is 12.8 Å². The molecule has 3 rings (SSSR count). The molecule has 1 saturated carbocycles. The van der Waals surface area contributed by atoms with E-state index in [0.29, 0.717) is 25.6 Å². The number of nitrogens with zero attached hydrogens (tertiary/aromatic N) is 2. The fraction of sp³-hybridized carbons (Fsp3) is 0.857. The topological polar surface area (TPSA) is 59.1 Å². The van der Waals surface area contributed by atoms with Crippen molar-refractivity contribution in [3.05, 3.63) is 0 Å². The molecular formula is C14H22N2O4. The first kappa shape index (κ1) is 13.8. The standard InChI is InChI=1S/C14H22N2O4/c1-15-11-6-16(12(17)8-19-2)5-10(11)13(14(15)18)20-7-9-3-4-9/h9-11,13H,3-8H2,1-2H3/t10-,11+,13-/m0/s1. The molecule has 2 aliphatic heterocycles. The predicted octanol–water partition coefficient (Wildman–Crippen LogP) is -0.273. The van der Waals surface area contributed by atoms with Crippen molar-refractivity contribution in [1.82, 2.24) is 9.80 Å². The zero-order valence-corrected chi connectivity index (χ0v) is 12.1. The molecule has 0 bridgehead atoms. The number of ether oxygens (including phenoxy) is 2. The van der Waals surface area contributed by atoms with Gasteiger partial charge in [0.1, 0.15) is 12.7 Å². The van der Waals surface area contributed by atoms with Crippen molar-refractivity contribution in [2.24, 2.45) is 11.8 Å². The van der Waals surface area contributed by atoms with E-state index in [1.54, 1.807) is 9.80 Å². The number of likely N-dealkylation sites (N-methyl/N-ethyl adjacent to an activating group) is 1. The quantitative estimate of drug-likeness (QED) is 0.696. The number of fused-ring (bicyclic) bond motifs is 1. The Kier molecular flexibility index (Phi) is 3.69. The summed E-state index contributed by atoms with van der Waals surface area (Å²) >= 11 is 0. The number of hydrogen-bond acceptors (Lipinski definition) is 4. The molecule has 2 amide bonds. The van der Waals surface area contributed by atoms with Crippen LogP contribution in [0.25, 0.3) is 0 Å². The average Bonchev–Trinajstić information content (AvgIpc) is 3.10. The summed E-state index contributed by atoms with van der Waals surface area (Å²) in [6.07, 6.45) is 2.05. The first-order valence-corrected chi connectivity index (χ1v) is 7.26. The Morgan fingerprint density at radius 2 is 2.10 bits per heavy atom. The van der Waals surface area contributed by atoms with E-state index >= 15 is 0 Å². The Bertz CT molecular complexity index is 410. The summed E-state index contributed by atoms with van der Waals surface area (Å²) in [7, 11) is 3.33. The van der Waals surface area contributed by atoms with Gasteiger partial charge in [-0.3, -0.25) is 9.59 Å². The SMILES string of the molecule is COCC(=O)N1C[C@@H]2[C@H](OCC3CC3)C(=O)N(C)[C@@H]2C1. The highest BCUT2D eigenvalue weighted by molar-refractivity contribution is 5.85. The van der Waals surface area contributed by atoms with Crippen molar-refractivity contribution < 1.29 is 19.1 Å². The van der Waals surface area contributed by atoms with Gasteiger partial charge in [-0.25, -0.2) is 0 Å². The number of rotatable bonds is 5. The molecule has 0 spiro atoms. The molecule has 6 nitrogen and oxygen atoms in total. The van der Waals surface area contributed by atoms with Gasteiger partial charge in [0.15, 0.2) is 0 Å². The second kappa shape index (κ2) is 5.33. The van der Waals surface area contributed by atoms with Gasteiger partial charge < -0.3 is 19.3 Å². The van der Waals surface area contributed by atoms with Gasteiger partial charge in [0.05, 0.1) is 12.6 Å². The van der Waals surface area contributed by atoms with E-state index < -0.39 is 0 Å². The van der Waals surface area contributed by atoms with Gasteiger partial charge in [-0.2, -0.15) is 0 Å². The lowest BCUT2D eigenvalue weighted by Gasteiger charge is -2.22. The van der Waals surface area contributed by atoms with Crippen molar-refractivity contribution in [2.75, 3.05) is 40.5 Å². The monoisotopic (exact) mass is 282 g/mol. The third-order valence-electron chi connectivity index (χ3n) is 4.64. The van der Waals surface area contributed by atoms with E-state index in [-0.39, 0.29) is 36.5 Å². The van der Waals surface area contributed by atoms with E-state index in [1.165, 1.54) is 20.0 Å². The van der Waals surface area contributed by atoms with Crippen molar-refractivity contribution in [1.29, 1.82) is 0 Å². The summed E-state index contributed by atoms with van der Waals surface area (Å²) < 4.78 is 10.7. The van der Waals surface area contributed by atoms with Gasteiger partial charge in [-0.05, 0) is 18.8 Å². The Hall–Kier alpha value is -1.14. The fourth-order valence-electron chi connectivity index (χ4n) is 3.20. The molecule has 1 aliphatic carbocycles. The molecule has 0 unspecified atom stereocenters. The van der Waals surface area contributed by atoms with Crippen LogP contribution in [0.3, 0.4) is 0 Å².